The largest absolute Gasteiger partial charge is 0.325 e. The molecular formula is C8H14N2O4S. The second kappa shape index (κ2) is 5.45. The number of amides is 2. The fourth-order valence-electron chi connectivity index (χ4n) is 1.24. The summed E-state index contributed by atoms with van der Waals surface area (Å²) in [6.45, 7) is 0.0255. The molecule has 2 unspecified atom stereocenters. The van der Waals surface area contributed by atoms with E-state index < -0.39 is 0 Å². The maximum Gasteiger partial charge on any atom is 0.242 e. The Morgan fingerprint density at radius 2 is 2.40 bits per heavy atom. The molecule has 1 saturated heterocycles. The van der Waals surface area contributed by atoms with Crippen LogP contribution < -0.4 is 5.73 Å². The van der Waals surface area contributed by atoms with Gasteiger partial charge in [-0.15, -0.1) is 11.8 Å². The Morgan fingerprint density at radius 1 is 1.73 bits per heavy atom. The van der Waals surface area contributed by atoms with E-state index in [4.69, 9.17) is 11.0 Å². The average Bonchev–Trinajstić information content (AvgIpc) is 2.43. The molecule has 7 heteroatoms. The predicted molar refractivity (Wildman–Crippen MR) is 55.2 cm³/mol. The summed E-state index contributed by atoms with van der Waals surface area (Å²) in [4.78, 5) is 27.6. The molecule has 2 amide bonds. The third-order valence-corrected chi connectivity index (χ3v) is 3.53. The Balaban J connectivity index is 2.34. The number of imide groups is 1. The van der Waals surface area contributed by atoms with Crippen LogP contribution in [0.5, 0.6) is 0 Å². The van der Waals surface area contributed by atoms with E-state index in [9.17, 15) is 9.59 Å². The van der Waals surface area contributed by atoms with Gasteiger partial charge < -0.3 is 5.73 Å². The molecule has 0 aliphatic carbocycles. The third-order valence-electron chi connectivity index (χ3n) is 2.14. The van der Waals surface area contributed by atoms with Gasteiger partial charge in [0.2, 0.25) is 11.8 Å². The molecule has 86 valence electrons. The van der Waals surface area contributed by atoms with Crippen LogP contribution in [0.2, 0.25) is 0 Å². The molecule has 0 bridgehead atoms. The van der Waals surface area contributed by atoms with E-state index >= 15 is 0 Å². The van der Waals surface area contributed by atoms with Gasteiger partial charge in [0.05, 0.1) is 11.9 Å². The summed E-state index contributed by atoms with van der Waals surface area (Å²) in [7, 11) is 1.47. The number of thioether (sulfide) groups is 1. The first-order chi connectivity index (χ1) is 7.06. The van der Waals surface area contributed by atoms with Crippen molar-refractivity contribution in [1.29, 1.82) is 0 Å². The minimum atomic E-state index is -0.341. The van der Waals surface area contributed by atoms with Crippen molar-refractivity contribution >= 4 is 23.6 Å². The molecule has 1 aliphatic rings. The fourth-order valence-corrected chi connectivity index (χ4v) is 2.37. The molecule has 1 heterocycles. The summed E-state index contributed by atoms with van der Waals surface area (Å²) in [6, 6.07) is -0.339. The summed E-state index contributed by atoms with van der Waals surface area (Å²) in [6.07, 6.45) is 0.229. The predicted octanol–water partition coefficient (Wildman–Crippen LogP) is -0.706. The van der Waals surface area contributed by atoms with E-state index in [1.165, 1.54) is 18.8 Å². The van der Waals surface area contributed by atoms with Crippen LogP contribution in [0.3, 0.4) is 0 Å². The van der Waals surface area contributed by atoms with Crippen LogP contribution >= 0.6 is 11.8 Å². The third kappa shape index (κ3) is 3.16. The van der Waals surface area contributed by atoms with E-state index in [0.29, 0.717) is 5.75 Å². The topological polar surface area (TPSA) is 92.9 Å². The summed E-state index contributed by atoms with van der Waals surface area (Å²) in [5.74, 6) is 0.129. The van der Waals surface area contributed by atoms with Crippen molar-refractivity contribution in [2.45, 2.75) is 17.7 Å². The zero-order valence-corrected chi connectivity index (χ0v) is 9.20. The maximum absolute atomic E-state index is 11.4. The Hall–Kier alpha value is -0.630. The van der Waals surface area contributed by atoms with Crippen molar-refractivity contribution in [3.05, 3.63) is 0 Å². The molecule has 2 atom stereocenters. The molecule has 3 N–H and O–H groups in total. The van der Waals surface area contributed by atoms with E-state index in [0.717, 1.165) is 4.90 Å². The summed E-state index contributed by atoms with van der Waals surface area (Å²) >= 11 is 1.32. The maximum atomic E-state index is 11.4. The summed E-state index contributed by atoms with van der Waals surface area (Å²) in [5, 5.41) is 7.81. The highest BCUT2D eigenvalue weighted by molar-refractivity contribution is 8.00. The molecule has 0 saturated carbocycles. The van der Waals surface area contributed by atoms with Crippen molar-refractivity contribution in [2.75, 3.05) is 19.4 Å². The Morgan fingerprint density at radius 3 is 2.87 bits per heavy atom. The number of carbonyl (C=O) groups is 2. The fraction of sp³-hybridized carbons (Fsp3) is 0.750. The Bertz CT molecular complexity index is 261. The minimum absolute atomic E-state index is 0.0255. The van der Waals surface area contributed by atoms with Gasteiger partial charge in [-0.3, -0.25) is 19.7 Å². The van der Waals surface area contributed by atoms with Gasteiger partial charge in [-0.05, 0) is 0 Å². The van der Waals surface area contributed by atoms with Crippen LogP contribution in [0.15, 0.2) is 0 Å². The highest BCUT2D eigenvalue weighted by atomic mass is 32.2. The Labute approximate surface area is 91.7 Å². The highest BCUT2D eigenvalue weighted by Crippen LogP contribution is 2.24. The van der Waals surface area contributed by atoms with E-state index in [1.807, 2.05) is 0 Å². The second-order valence-electron chi connectivity index (χ2n) is 3.37. The van der Waals surface area contributed by atoms with Gasteiger partial charge in [0.15, 0.2) is 0 Å². The number of rotatable bonds is 5. The van der Waals surface area contributed by atoms with Crippen molar-refractivity contribution in [1.82, 2.24) is 4.90 Å². The van der Waals surface area contributed by atoms with Crippen molar-refractivity contribution in [3.8, 4) is 0 Å². The molecule has 0 aromatic heterocycles. The van der Waals surface area contributed by atoms with E-state index in [-0.39, 0.29) is 36.1 Å². The van der Waals surface area contributed by atoms with Gasteiger partial charge in [0, 0.05) is 25.3 Å². The van der Waals surface area contributed by atoms with Crippen LogP contribution in [0.4, 0.5) is 0 Å². The second-order valence-corrected chi connectivity index (χ2v) is 4.61. The average molecular weight is 234 g/mol. The minimum Gasteiger partial charge on any atom is -0.325 e. The molecule has 1 aliphatic heterocycles. The van der Waals surface area contributed by atoms with Crippen LogP contribution in [-0.4, -0.2) is 52.7 Å². The number of hydrogen-bond acceptors (Lipinski definition) is 6. The zero-order chi connectivity index (χ0) is 11.4. The molecule has 6 nitrogen and oxygen atoms in total. The van der Waals surface area contributed by atoms with Crippen LogP contribution in [0, 0.1) is 0 Å². The standard InChI is InChI=1S/C8H14N2O4S/c1-10-7(11)2-6(8(10)12)15-4-5(9)3-14-13/h5-6,13H,2-4,9H2,1H3. The van der Waals surface area contributed by atoms with Crippen molar-refractivity contribution in [3.63, 3.8) is 0 Å². The molecule has 0 aromatic rings. The first kappa shape index (κ1) is 12.4. The number of likely N-dealkylation sites (tertiary alicyclic amines) is 1. The lowest BCUT2D eigenvalue weighted by Crippen LogP contribution is -2.31. The molecule has 0 aromatic carbocycles. The molecule has 0 spiro atoms. The molecular weight excluding hydrogens is 220 g/mol. The van der Waals surface area contributed by atoms with Gasteiger partial charge in [-0.2, -0.15) is 0 Å². The zero-order valence-electron chi connectivity index (χ0n) is 8.38. The monoisotopic (exact) mass is 234 g/mol. The normalized spacial score (nSPS) is 23.7. The van der Waals surface area contributed by atoms with Crippen LogP contribution in [-0.2, 0) is 14.5 Å². The summed E-state index contributed by atoms with van der Waals surface area (Å²) in [5.41, 5.74) is 5.56. The first-order valence-corrected chi connectivity index (χ1v) is 5.55. The first-order valence-electron chi connectivity index (χ1n) is 4.50. The number of hydrogen-bond donors (Lipinski definition) is 2. The molecule has 1 rings (SSSR count). The smallest absolute Gasteiger partial charge is 0.242 e. The Kier molecular flexibility index (Phi) is 4.52. The lowest BCUT2D eigenvalue weighted by atomic mass is 10.3. The van der Waals surface area contributed by atoms with Gasteiger partial charge in [-0.25, -0.2) is 4.89 Å². The van der Waals surface area contributed by atoms with E-state index in [2.05, 4.69) is 4.89 Å². The number of carbonyl (C=O) groups excluding carboxylic acids is 2. The van der Waals surface area contributed by atoms with E-state index in [1.54, 1.807) is 0 Å². The van der Waals surface area contributed by atoms with Gasteiger partial charge in [-0.1, -0.05) is 0 Å². The van der Waals surface area contributed by atoms with Crippen LogP contribution in [0.1, 0.15) is 6.42 Å². The SMILES string of the molecule is CN1C(=O)CC(SCC(N)COO)C1=O. The summed E-state index contributed by atoms with van der Waals surface area (Å²) < 4.78 is 0. The number of nitrogens with two attached hydrogens (primary N) is 1. The quantitative estimate of drug-likeness (QED) is 0.371. The van der Waals surface area contributed by atoms with Crippen molar-refractivity contribution < 1.29 is 19.7 Å². The van der Waals surface area contributed by atoms with Gasteiger partial charge >= 0.3 is 0 Å². The molecule has 0 radical (unpaired) electrons. The van der Waals surface area contributed by atoms with Crippen LogP contribution in [0.25, 0.3) is 0 Å². The van der Waals surface area contributed by atoms with Crippen molar-refractivity contribution in [2.24, 2.45) is 5.73 Å². The molecule has 1 fully saturated rings. The number of nitrogens with zero attached hydrogens (tertiary/aromatic N) is 1. The van der Waals surface area contributed by atoms with Gasteiger partial charge in [0.25, 0.3) is 0 Å². The lowest BCUT2D eigenvalue weighted by molar-refractivity contribution is -0.244. The van der Waals surface area contributed by atoms with Gasteiger partial charge in [0.1, 0.15) is 0 Å². The highest BCUT2D eigenvalue weighted by Gasteiger charge is 2.36. The molecule has 15 heavy (non-hydrogen) atoms. The lowest BCUT2D eigenvalue weighted by Gasteiger charge is -2.11.